The number of piperidine rings is 1. The number of para-hydroxylation sites is 1. The van der Waals surface area contributed by atoms with Crippen LogP contribution in [0.4, 0.5) is 5.82 Å². The van der Waals surface area contributed by atoms with E-state index in [1.807, 2.05) is 49.5 Å². The zero-order chi connectivity index (χ0) is 22.9. The molecule has 8 nitrogen and oxygen atoms in total. The summed E-state index contributed by atoms with van der Waals surface area (Å²) in [7, 11) is 3.69. The molecule has 4 heterocycles. The van der Waals surface area contributed by atoms with Crippen molar-refractivity contribution in [3.05, 3.63) is 53.6 Å². The Bertz CT molecular complexity index is 1180. The minimum Gasteiger partial charge on any atom is -0.373 e. The van der Waals surface area contributed by atoms with E-state index in [-0.39, 0.29) is 23.7 Å². The maximum absolute atomic E-state index is 13.0. The molecule has 2 aliphatic rings. The van der Waals surface area contributed by atoms with Gasteiger partial charge in [0.15, 0.2) is 0 Å². The van der Waals surface area contributed by atoms with Crippen LogP contribution >= 0.6 is 0 Å². The van der Waals surface area contributed by atoms with Crippen LogP contribution in [0.3, 0.4) is 0 Å². The van der Waals surface area contributed by atoms with Gasteiger partial charge < -0.3 is 20.1 Å². The second kappa shape index (κ2) is 8.84. The number of aromatic nitrogens is 3. The number of benzene rings is 1. The van der Waals surface area contributed by atoms with Gasteiger partial charge in [-0.25, -0.2) is 9.97 Å². The smallest absolute Gasteiger partial charge is 0.227 e. The molecule has 1 aromatic carbocycles. The SMILES string of the molecule is CNc1cc([C@H]2CC(=O)N(C)C2)nc(C2CCN(C(=O)Cc3c[nH]c4ccccc34)CC2)n1. The highest BCUT2D eigenvalue weighted by molar-refractivity contribution is 5.89. The van der Waals surface area contributed by atoms with Gasteiger partial charge in [0.2, 0.25) is 11.8 Å². The first kappa shape index (κ1) is 21.4. The zero-order valence-corrected chi connectivity index (χ0v) is 19.2. The summed E-state index contributed by atoms with van der Waals surface area (Å²) in [5.74, 6) is 2.25. The Labute approximate surface area is 193 Å². The van der Waals surface area contributed by atoms with E-state index in [9.17, 15) is 9.59 Å². The molecular formula is C25H30N6O2. The zero-order valence-electron chi connectivity index (χ0n) is 19.2. The van der Waals surface area contributed by atoms with Gasteiger partial charge in [-0.3, -0.25) is 9.59 Å². The van der Waals surface area contributed by atoms with Crippen LogP contribution in [-0.4, -0.2) is 70.3 Å². The molecule has 0 spiro atoms. The Hall–Kier alpha value is -3.42. The number of fused-ring (bicyclic) bond motifs is 1. The molecule has 1 atom stereocenters. The predicted octanol–water partition coefficient (Wildman–Crippen LogP) is 2.89. The van der Waals surface area contributed by atoms with Crippen LogP contribution < -0.4 is 5.32 Å². The fourth-order valence-electron chi connectivity index (χ4n) is 5.01. The van der Waals surface area contributed by atoms with E-state index in [1.54, 1.807) is 4.90 Å². The number of carbonyl (C=O) groups is 2. The third-order valence-electron chi connectivity index (χ3n) is 7.01. The number of aromatic amines is 1. The number of H-pyrrole nitrogens is 1. The topological polar surface area (TPSA) is 94.2 Å². The van der Waals surface area contributed by atoms with Crippen molar-refractivity contribution < 1.29 is 9.59 Å². The minimum absolute atomic E-state index is 0.106. The van der Waals surface area contributed by atoms with E-state index < -0.39 is 0 Å². The van der Waals surface area contributed by atoms with Crippen LogP contribution in [0.25, 0.3) is 10.9 Å². The lowest BCUT2D eigenvalue weighted by Gasteiger charge is -2.31. The van der Waals surface area contributed by atoms with Crippen molar-refractivity contribution in [2.45, 2.75) is 37.5 Å². The van der Waals surface area contributed by atoms with Gasteiger partial charge in [0.25, 0.3) is 0 Å². The molecule has 0 radical (unpaired) electrons. The fraction of sp³-hybridized carbons (Fsp3) is 0.440. The summed E-state index contributed by atoms with van der Waals surface area (Å²) in [4.78, 5) is 41.6. The van der Waals surface area contributed by atoms with Crippen molar-refractivity contribution >= 4 is 28.5 Å². The third-order valence-corrected chi connectivity index (χ3v) is 7.01. The van der Waals surface area contributed by atoms with Crippen molar-refractivity contribution in [1.29, 1.82) is 0 Å². The second-order valence-electron chi connectivity index (χ2n) is 9.15. The van der Waals surface area contributed by atoms with Gasteiger partial charge in [-0.15, -0.1) is 0 Å². The van der Waals surface area contributed by atoms with Gasteiger partial charge in [-0.05, 0) is 24.5 Å². The molecular weight excluding hydrogens is 416 g/mol. The highest BCUT2D eigenvalue weighted by Crippen LogP contribution is 2.31. The second-order valence-corrected chi connectivity index (χ2v) is 9.15. The van der Waals surface area contributed by atoms with Crippen LogP contribution in [0.2, 0.25) is 0 Å². The lowest BCUT2D eigenvalue weighted by molar-refractivity contribution is -0.131. The molecule has 33 heavy (non-hydrogen) atoms. The monoisotopic (exact) mass is 446 g/mol. The molecule has 0 saturated carbocycles. The van der Waals surface area contributed by atoms with Crippen molar-refractivity contribution in [1.82, 2.24) is 24.8 Å². The van der Waals surface area contributed by atoms with E-state index in [2.05, 4.69) is 16.4 Å². The van der Waals surface area contributed by atoms with Crippen LogP contribution in [0.1, 0.15) is 48.2 Å². The number of carbonyl (C=O) groups excluding carboxylic acids is 2. The van der Waals surface area contributed by atoms with Crippen LogP contribution in [0, 0.1) is 0 Å². The number of rotatable bonds is 5. The lowest BCUT2D eigenvalue weighted by Crippen LogP contribution is -2.39. The summed E-state index contributed by atoms with van der Waals surface area (Å²) < 4.78 is 0. The van der Waals surface area contributed by atoms with Crippen molar-refractivity contribution in [2.24, 2.45) is 0 Å². The van der Waals surface area contributed by atoms with E-state index >= 15 is 0 Å². The maximum atomic E-state index is 13.0. The van der Waals surface area contributed by atoms with Crippen molar-refractivity contribution in [3.63, 3.8) is 0 Å². The number of hydrogen-bond acceptors (Lipinski definition) is 5. The molecule has 2 aromatic heterocycles. The van der Waals surface area contributed by atoms with Gasteiger partial charge in [0, 0.05) is 75.2 Å². The molecule has 2 aliphatic heterocycles. The van der Waals surface area contributed by atoms with Gasteiger partial charge >= 0.3 is 0 Å². The standard InChI is InChI=1S/C25H30N6O2/c1-26-22-13-21(18-12-23(32)30(2)15-18)28-25(29-22)16-7-9-31(10-8-16)24(33)11-17-14-27-20-6-4-3-5-19(17)20/h3-6,13-14,16,18,27H,7-12,15H2,1-2H3,(H,26,28,29)/t18-/m0/s1. The summed E-state index contributed by atoms with van der Waals surface area (Å²) >= 11 is 0. The molecule has 2 saturated heterocycles. The van der Waals surface area contributed by atoms with Gasteiger partial charge in [0.05, 0.1) is 12.1 Å². The van der Waals surface area contributed by atoms with Crippen LogP contribution in [0.15, 0.2) is 36.5 Å². The Morgan fingerprint density at radius 1 is 1.18 bits per heavy atom. The highest BCUT2D eigenvalue weighted by atomic mass is 16.2. The molecule has 3 aromatic rings. The number of anilines is 1. The molecule has 8 heteroatoms. The van der Waals surface area contributed by atoms with Gasteiger partial charge in [0.1, 0.15) is 11.6 Å². The van der Waals surface area contributed by atoms with Crippen molar-refractivity contribution in [2.75, 3.05) is 39.0 Å². The Morgan fingerprint density at radius 3 is 2.70 bits per heavy atom. The number of amides is 2. The average Bonchev–Trinajstić information content (AvgIpc) is 3.41. The van der Waals surface area contributed by atoms with Crippen LogP contribution in [-0.2, 0) is 16.0 Å². The summed E-state index contributed by atoms with van der Waals surface area (Å²) in [6, 6.07) is 10.0. The summed E-state index contributed by atoms with van der Waals surface area (Å²) in [6.45, 7) is 2.11. The van der Waals surface area contributed by atoms with E-state index in [0.717, 1.165) is 46.6 Å². The number of nitrogens with one attached hydrogen (secondary N) is 2. The fourth-order valence-corrected chi connectivity index (χ4v) is 5.01. The maximum Gasteiger partial charge on any atom is 0.227 e. The third kappa shape index (κ3) is 4.29. The van der Waals surface area contributed by atoms with Crippen LogP contribution in [0.5, 0.6) is 0 Å². The molecule has 5 rings (SSSR count). The first-order valence-corrected chi connectivity index (χ1v) is 11.6. The summed E-state index contributed by atoms with van der Waals surface area (Å²) in [5, 5.41) is 4.25. The van der Waals surface area contributed by atoms with E-state index in [0.29, 0.717) is 32.5 Å². The van der Waals surface area contributed by atoms with Gasteiger partial charge in [-0.1, -0.05) is 18.2 Å². The summed E-state index contributed by atoms with van der Waals surface area (Å²) in [6.07, 6.45) is 4.54. The molecule has 0 aliphatic carbocycles. The minimum atomic E-state index is 0.106. The van der Waals surface area contributed by atoms with E-state index in [4.69, 9.17) is 9.97 Å². The molecule has 2 fully saturated rings. The van der Waals surface area contributed by atoms with E-state index in [1.165, 1.54) is 0 Å². The number of hydrogen-bond donors (Lipinski definition) is 2. The molecule has 2 amide bonds. The normalized spacial score (nSPS) is 19.5. The number of likely N-dealkylation sites (N-methyl/N-ethyl adjacent to an activating group) is 1. The molecule has 0 bridgehead atoms. The Balaban J connectivity index is 1.25. The lowest BCUT2D eigenvalue weighted by atomic mass is 9.94. The first-order valence-electron chi connectivity index (χ1n) is 11.6. The quantitative estimate of drug-likeness (QED) is 0.629. The highest BCUT2D eigenvalue weighted by Gasteiger charge is 2.31. The summed E-state index contributed by atoms with van der Waals surface area (Å²) in [5.41, 5.74) is 3.04. The largest absolute Gasteiger partial charge is 0.373 e. The molecule has 0 unspecified atom stereocenters. The predicted molar refractivity (Wildman–Crippen MR) is 127 cm³/mol. The molecule has 172 valence electrons. The van der Waals surface area contributed by atoms with Gasteiger partial charge in [-0.2, -0.15) is 0 Å². The number of likely N-dealkylation sites (tertiary alicyclic amines) is 2. The van der Waals surface area contributed by atoms with Crippen molar-refractivity contribution in [3.8, 4) is 0 Å². The average molecular weight is 447 g/mol. The number of nitrogens with zero attached hydrogens (tertiary/aromatic N) is 4. The first-order chi connectivity index (χ1) is 16.0. The Kier molecular flexibility index (Phi) is 5.74. The molecule has 2 N–H and O–H groups in total. The Morgan fingerprint density at radius 2 is 1.97 bits per heavy atom.